The van der Waals surface area contributed by atoms with Crippen LogP contribution in [0.15, 0.2) is 24.5 Å². The van der Waals surface area contributed by atoms with Crippen molar-refractivity contribution in [3.05, 3.63) is 29.4 Å². The van der Waals surface area contributed by atoms with Gasteiger partial charge >= 0.3 is 0 Å². The first-order chi connectivity index (χ1) is 9.39. The van der Waals surface area contributed by atoms with Gasteiger partial charge in [0.05, 0.1) is 6.20 Å². The fourth-order valence-electron chi connectivity index (χ4n) is 2.28. The van der Waals surface area contributed by atoms with Crippen molar-refractivity contribution in [3.63, 3.8) is 0 Å². The highest BCUT2D eigenvalue weighted by Gasteiger charge is 2.18. The number of nitrogens with two attached hydrogens (primary N) is 1. The minimum Gasteiger partial charge on any atom is -0.330 e. The Labute approximate surface area is 137 Å². The maximum atomic E-state index is 5.80. The summed E-state index contributed by atoms with van der Waals surface area (Å²) >= 11 is 1.83. The van der Waals surface area contributed by atoms with Crippen molar-refractivity contribution in [3.8, 4) is 10.4 Å². The highest BCUT2D eigenvalue weighted by molar-refractivity contribution is 7.15. The van der Waals surface area contributed by atoms with Gasteiger partial charge < -0.3 is 10.6 Å². The van der Waals surface area contributed by atoms with E-state index in [0.29, 0.717) is 6.54 Å². The van der Waals surface area contributed by atoms with Gasteiger partial charge in [-0.3, -0.25) is 4.68 Å². The Kier molecular flexibility index (Phi) is 6.41. The summed E-state index contributed by atoms with van der Waals surface area (Å²) in [5.41, 5.74) is 7.15. The molecule has 2 rings (SSSR count). The predicted molar refractivity (Wildman–Crippen MR) is 92.9 cm³/mol. The van der Waals surface area contributed by atoms with Gasteiger partial charge in [0.2, 0.25) is 0 Å². The van der Waals surface area contributed by atoms with Gasteiger partial charge in [-0.25, -0.2) is 0 Å². The number of halogens is 1. The number of aromatic nitrogens is 2. The molecule has 0 aliphatic heterocycles. The second-order valence-electron chi connectivity index (χ2n) is 6.21. The molecule has 2 aromatic rings. The van der Waals surface area contributed by atoms with E-state index in [4.69, 9.17) is 5.73 Å². The monoisotopic (exact) mass is 328 g/mol. The number of hydrogen-bond acceptors (Lipinski definition) is 4. The second kappa shape index (κ2) is 7.40. The third-order valence-corrected chi connectivity index (χ3v) is 4.45. The van der Waals surface area contributed by atoms with Crippen molar-refractivity contribution >= 4 is 23.7 Å². The van der Waals surface area contributed by atoms with E-state index in [2.05, 4.69) is 49.2 Å². The normalized spacial score (nSPS) is 11.7. The first-order valence-electron chi connectivity index (χ1n) is 6.86. The first kappa shape index (κ1) is 18.2. The first-order valence-corrected chi connectivity index (χ1v) is 7.67. The van der Waals surface area contributed by atoms with Gasteiger partial charge in [0.1, 0.15) is 0 Å². The van der Waals surface area contributed by atoms with E-state index in [0.717, 1.165) is 13.1 Å². The molecular weight excluding hydrogens is 304 g/mol. The molecule has 6 heteroatoms. The minimum absolute atomic E-state index is 0. The molecular formula is C15H25ClN4S. The lowest BCUT2D eigenvalue weighted by molar-refractivity contribution is 0.211. The van der Waals surface area contributed by atoms with Crippen molar-refractivity contribution in [1.82, 2.24) is 14.7 Å². The summed E-state index contributed by atoms with van der Waals surface area (Å²) in [6.07, 6.45) is 3.97. The van der Waals surface area contributed by atoms with Gasteiger partial charge in [-0.1, -0.05) is 13.8 Å². The molecule has 0 unspecified atom stereocenters. The Balaban J connectivity index is 0.00000220. The van der Waals surface area contributed by atoms with Crippen LogP contribution < -0.4 is 5.73 Å². The van der Waals surface area contributed by atoms with Crippen LogP contribution >= 0.6 is 23.7 Å². The molecule has 118 valence electrons. The van der Waals surface area contributed by atoms with E-state index < -0.39 is 0 Å². The molecule has 0 saturated carbocycles. The number of nitrogens with zero attached hydrogens (tertiary/aromatic N) is 3. The minimum atomic E-state index is 0. The van der Waals surface area contributed by atoms with Gasteiger partial charge in [-0.15, -0.1) is 23.7 Å². The fraction of sp³-hybridized carbons (Fsp3) is 0.533. The highest BCUT2D eigenvalue weighted by Crippen LogP contribution is 2.28. The molecule has 2 N–H and O–H groups in total. The van der Waals surface area contributed by atoms with Crippen molar-refractivity contribution in [2.45, 2.75) is 20.4 Å². The van der Waals surface area contributed by atoms with Crippen LogP contribution in [0.1, 0.15) is 18.7 Å². The zero-order chi connectivity index (χ0) is 14.8. The molecule has 0 fully saturated rings. The third-order valence-electron chi connectivity index (χ3n) is 3.33. The topological polar surface area (TPSA) is 47.1 Å². The van der Waals surface area contributed by atoms with Crippen LogP contribution in [0.4, 0.5) is 0 Å². The largest absolute Gasteiger partial charge is 0.330 e. The lowest BCUT2D eigenvalue weighted by atomic mass is 9.93. The van der Waals surface area contributed by atoms with Gasteiger partial charge in [0.15, 0.2) is 0 Å². The van der Waals surface area contributed by atoms with Crippen LogP contribution in [0, 0.1) is 5.41 Å². The third kappa shape index (κ3) is 5.11. The van der Waals surface area contributed by atoms with E-state index in [9.17, 15) is 0 Å². The average Bonchev–Trinajstić information content (AvgIpc) is 2.97. The Morgan fingerprint density at radius 3 is 2.67 bits per heavy atom. The number of hydrogen-bond donors (Lipinski definition) is 1. The zero-order valence-electron chi connectivity index (χ0n) is 13.2. The van der Waals surface area contributed by atoms with E-state index in [1.165, 1.54) is 15.3 Å². The lowest BCUT2D eigenvalue weighted by Gasteiger charge is -2.28. The van der Waals surface area contributed by atoms with Gasteiger partial charge in [0, 0.05) is 41.7 Å². The maximum Gasteiger partial charge on any atom is 0.0576 e. The standard InChI is InChI=1S/C15H24N4S.ClH/c1-15(2,10-16)11-18(3)9-13-5-6-14(20-13)12-7-17-19(4)8-12;/h5-8H,9-11,16H2,1-4H3;1H. The zero-order valence-corrected chi connectivity index (χ0v) is 14.8. The van der Waals surface area contributed by atoms with Crippen LogP contribution in [-0.4, -0.2) is 34.8 Å². The molecule has 0 spiro atoms. The van der Waals surface area contributed by atoms with Crippen molar-refractivity contribution in [2.75, 3.05) is 20.1 Å². The predicted octanol–water partition coefficient (Wildman–Crippen LogP) is 2.99. The van der Waals surface area contributed by atoms with Gasteiger partial charge in [0.25, 0.3) is 0 Å². The molecule has 0 amide bonds. The molecule has 0 aliphatic rings. The van der Waals surface area contributed by atoms with Crippen LogP contribution in [0.3, 0.4) is 0 Å². The molecule has 2 aromatic heterocycles. The summed E-state index contributed by atoms with van der Waals surface area (Å²) in [7, 11) is 4.10. The molecule has 0 saturated heterocycles. The van der Waals surface area contributed by atoms with Crippen molar-refractivity contribution in [1.29, 1.82) is 0 Å². The van der Waals surface area contributed by atoms with E-state index >= 15 is 0 Å². The maximum absolute atomic E-state index is 5.80. The smallest absolute Gasteiger partial charge is 0.0576 e. The Morgan fingerprint density at radius 1 is 1.38 bits per heavy atom. The molecule has 0 atom stereocenters. The van der Waals surface area contributed by atoms with E-state index in [1.54, 1.807) is 0 Å². The molecule has 4 nitrogen and oxygen atoms in total. The number of thiophene rings is 1. The quantitative estimate of drug-likeness (QED) is 0.886. The summed E-state index contributed by atoms with van der Waals surface area (Å²) < 4.78 is 1.84. The summed E-state index contributed by atoms with van der Waals surface area (Å²) in [5, 5.41) is 4.22. The Morgan fingerprint density at radius 2 is 2.10 bits per heavy atom. The number of aryl methyl sites for hydroxylation is 1. The summed E-state index contributed by atoms with van der Waals surface area (Å²) in [4.78, 5) is 4.99. The van der Waals surface area contributed by atoms with Crippen molar-refractivity contribution in [2.24, 2.45) is 18.2 Å². The molecule has 0 bridgehead atoms. The average molecular weight is 329 g/mol. The van der Waals surface area contributed by atoms with Crippen LogP contribution in [0.2, 0.25) is 0 Å². The van der Waals surface area contributed by atoms with Crippen LogP contribution in [0.5, 0.6) is 0 Å². The van der Waals surface area contributed by atoms with E-state index in [-0.39, 0.29) is 17.8 Å². The van der Waals surface area contributed by atoms with E-state index in [1.807, 2.05) is 29.3 Å². The summed E-state index contributed by atoms with van der Waals surface area (Å²) in [6.45, 7) is 7.10. The Bertz CT molecular complexity index is 562. The van der Waals surface area contributed by atoms with Crippen LogP contribution in [-0.2, 0) is 13.6 Å². The molecule has 0 aliphatic carbocycles. The summed E-state index contributed by atoms with van der Waals surface area (Å²) in [5.74, 6) is 0. The van der Waals surface area contributed by atoms with Crippen molar-refractivity contribution < 1.29 is 0 Å². The summed E-state index contributed by atoms with van der Waals surface area (Å²) in [6, 6.07) is 4.39. The van der Waals surface area contributed by atoms with Crippen LogP contribution in [0.25, 0.3) is 10.4 Å². The van der Waals surface area contributed by atoms with Gasteiger partial charge in [-0.05, 0) is 31.1 Å². The highest BCUT2D eigenvalue weighted by atomic mass is 35.5. The SMILES string of the molecule is CN(Cc1ccc(-c2cnn(C)c2)s1)CC(C)(C)CN.Cl. The molecule has 0 aromatic carbocycles. The van der Waals surface area contributed by atoms with Gasteiger partial charge in [-0.2, -0.15) is 5.10 Å². The number of rotatable bonds is 6. The lowest BCUT2D eigenvalue weighted by Crippen LogP contribution is -2.36. The molecule has 0 radical (unpaired) electrons. The molecule has 2 heterocycles. The fourth-order valence-corrected chi connectivity index (χ4v) is 3.35. The molecule has 21 heavy (non-hydrogen) atoms. The second-order valence-corrected chi connectivity index (χ2v) is 7.38. The Hall–Kier alpha value is -0.880.